The van der Waals surface area contributed by atoms with E-state index in [4.69, 9.17) is 9.47 Å². The van der Waals surface area contributed by atoms with Crippen LogP contribution in [0.25, 0.3) is 6.08 Å². The number of nitrogens with zero attached hydrogens (tertiary/aromatic N) is 1. The number of hydrogen-bond donors (Lipinski definition) is 1. The number of carbonyl (C=O) groups excluding carboxylic acids is 2. The number of benzene rings is 2. The van der Waals surface area contributed by atoms with E-state index < -0.39 is 0 Å². The maximum absolute atomic E-state index is 12.3. The Balaban J connectivity index is 1.58. The van der Waals surface area contributed by atoms with Gasteiger partial charge in [0.1, 0.15) is 0 Å². The summed E-state index contributed by atoms with van der Waals surface area (Å²) < 4.78 is 11.1. The molecule has 30 heavy (non-hydrogen) atoms. The molecule has 6 heteroatoms. The zero-order chi connectivity index (χ0) is 21.3. The van der Waals surface area contributed by atoms with E-state index in [0.29, 0.717) is 30.2 Å². The molecule has 0 saturated carbocycles. The number of carbonyl (C=O) groups is 2. The summed E-state index contributed by atoms with van der Waals surface area (Å²) in [5, 5.41) is 2.83. The van der Waals surface area contributed by atoms with Crippen molar-refractivity contribution in [3.63, 3.8) is 0 Å². The summed E-state index contributed by atoms with van der Waals surface area (Å²) in [7, 11) is 1.60. The second-order valence-corrected chi connectivity index (χ2v) is 7.13. The van der Waals surface area contributed by atoms with Gasteiger partial charge in [0, 0.05) is 30.4 Å². The quantitative estimate of drug-likeness (QED) is 0.484. The smallest absolute Gasteiger partial charge is 0.248 e. The number of unbranched alkanes of at least 4 members (excludes halogenated alkanes) is 1. The first kappa shape index (κ1) is 21.4. The second kappa shape index (κ2) is 10.5. The van der Waals surface area contributed by atoms with Gasteiger partial charge in [-0.1, -0.05) is 19.4 Å². The van der Waals surface area contributed by atoms with Gasteiger partial charge in [0.15, 0.2) is 11.5 Å². The van der Waals surface area contributed by atoms with E-state index in [1.54, 1.807) is 30.2 Å². The molecule has 0 bridgehead atoms. The van der Waals surface area contributed by atoms with Crippen molar-refractivity contribution in [2.24, 2.45) is 0 Å². The van der Waals surface area contributed by atoms with E-state index in [0.717, 1.165) is 37.1 Å². The van der Waals surface area contributed by atoms with Crippen LogP contribution >= 0.6 is 0 Å². The van der Waals surface area contributed by atoms with Gasteiger partial charge in [0.25, 0.3) is 0 Å². The molecule has 6 nitrogen and oxygen atoms in total. The Morgan fingerprint density at radius 3 is 2.63 bits per heavy atom. The number of hydrogen-bond acceptors (Lipinski definition) is 4. The third kappa shape index (κ3) is 5.63. The Labute approximate surface area is 177 Å². The number of amides is 2. The van der Waals surface area contributed by atoms with Crippen LogP contribution in [0.2, 0.25) is 0 Å². The van der Waals surface area contributed by atoms with Crippen LogP contribution in [0.3, 0.4) is 0 Å². The van der Waals surface area contributed by atoms with Gasteiger partial charge in [-0.05, 0) is 60.9 Å². The number of anilines is 2. The number of ether oxygens (including phenoxy) is 2. The summed E-state index contributed by atoms with van der Waals surface area (Å²) >= 11 is 0. The molecule has 0 spiro atoms. The van der Waals surface area contributed by atoms with Crippen LogP contribution in [0.15, 0.2) is 48.5 Å². The molecule has 2 amide bonds. The van der Waals surface area contributed by atoms with Crippen molar-refractivity contribution in [3.8, 4) is 11.5 Å². The van der Waals surface area contributed by atoms with Gasteiger partial charge < -0.3 is 19.7 Å². The third-order valence-electron chi connectivity index (χ3n) is 4.89. The minimum absolute atomic E-state index is 0.145. The maximum atomic E-state index is 12.3. The zero-order valence-corrected chi connectivity index (χ0v) is 17.5. The Morgan fingerprint density at radius 2 is 1.97 bits per heavy atom. The lowest BCUT2D eigenvalue weighted by molar-refractivity contribution is -0.117. The van der Waals surface area contributed by atoms with Crippen LogP contribution in [0.1, 0.15) is 38.2 Å². The molecule has 3 rings (SSSR count). The maximum Gasteiger partial charge on any atom is 0.248 e. The van der Waals surface area contributed by atoms with Crippen molar-refractivity contribution < 1.29 is 19.1 Å². The van der Waals surface area contributed by atoms with E-state index in [9.17, 15) is 9.59 Å². The molecular weight excluding hydrogens is 380 g/mol. The third-order valence-corrected chi connectivity index (χ3v) is 4.89. The molecular formula is C24H28N2O4. The van der Waals surface area contributed by atoms with Crippen LogP contribution in [0, 0.1) is 0 Å². The lowest BCUT2D eigenvalue weighted by Gasteiger charge is -2.15. The van der Waals surface area contributed by atoms with Crippen molar-refractivity contribution in [2.45, 2.75) is 32.6 Å². The summed E-state index contributed by atoms with van der Waals surface area (Å²) in [4.78, 5) is 25.8. The van der Waals surface area contributed by atoms with Crippen molar-refractivity contribution >= 4 is 29.3 Å². The fraction of sp³-hybridized carbons (Fsp3) is 0.333. The molecule has 2 aromatic rings. The lowest BCUT2D eigenvalue weighted by atomic mass is 10.2. The zero-order valence-electron chi connectivity index (χ0n) is 17.5. The molecule has 1 N–H and O–H groups in total. The lowest BCUT2D eigenvalue weighted by Crippen LogP contribution is -2.23. The Kier molecular flexibility index (Phi) is 7.49. The number of rotatable bonds is 9. The van der Waals surface area contributed by atoms with Crippen LogP contribution in [0.5, 0.6) is 11.5 Å². The summed E-state index contributed by atoms with van der Waals surface area (Å²) in [5.41, 5.74) is 2.38. The summed E-state index contributed by atoms with van der Waals surface area (Å²) in [6, 6.07) is 12.9. The molecule has 0 aliphatic carbocycles. The Hall–Kier alpha value is -3.28. The molecule has 0 radical (unpaired) electrons. The van der Waals surface area contributed by atoms with Crippen LogP contribution < -0.4 is 19.7 Å². The van der Waals surface area contributed by atoms with Gasteiger partial charge in [0.05, 0.1) is 13.7 Å². The summed E-state index contributed by atoms with van der Waals surface area (Å²) in [5.74, 6) is 1.25. The van der Waals surface area contributed by atoms with Crippen molar-refractivity contribution in [2.75, 3.05) is 30.5 Å². The first-order valence-corrected chi connectivity index (χ1v) is 10.3. The molecule has 0 unspecified atom stereocenters. The SMILES string of the molecule is CCCCOc1ccc(/C=C/C(=O)Nc2ccc(N3CCCC3=O)cc2)cc1OC. The molecule has 1 aliphatic rings. The topological polar surface area (TPSA) is 67.9 Å². The fourth-order valence-electron chi connectivity index (χ4n) is 3.24. The second-order valence-electron chi connectivity index (χ2n) is 7.13. The molecule has 1 aliphatic heterocycles. The average Bonchev–Trinajstić information content (AvgIpc) is 3.19. The normalized spacial score (nSPS) is 13.7. The highest BCUT2D eigenvalue weighted by Gasteiger charge is 2.21. The molecule has 158 valence electrons. The van der Waals surface area contributed by atoms with E-state index in [1.165, 1.54) is 6.08 Å². The van der Waals surface area contributed by atoms with Gasteiger partial charge >= 0.3 is 0 Å². The summed E-state index contributed by atoms with van der Waals surface area (Å²) in [6.45, 7) is 3.51. The highest BCUT2D eigenvalue weighted by atomic mass is 16.5. The van der Waals surface area contributed by atoms with E-state index >= 15 is 0 Å². The van der Waals surface area contributed by atoms with Crippen LogP contribution in [-0.2, 0) is 9.59 Å². The van der Waals surface area contributed by atoms with E-state index in [1.807, 2.05) is 30.3 Å². The predicted octanol–water partition coefficient (Wildman–Crippen LogP) is 4.65. The number of nitrogens with one attached hydrogen (secondary N) is 1. The van der Waals surface area contributed by atoms with E-state index in [2.05, 4.69) is 12.2 Å². The molecule has 0 atom stereocenters. The Bertz CT molecular complexity index is 906. The molecule has 2 aromatic carbocycles. The highest BCUT2D eigenvalue weighted by molar-refractivity contribution is 6.02. The van der Waals surface area contributed by atoms with Crippen LogP contribution in [0.4, 0.5) is 11.4 Å². The van der Waals surface area contributed by atoms with Crippen LogP contribution in [-0.4, -0.2) is 32.1 Å². The molecule has 1 fully saturated rings. The highest BCUT2D eigenvalue weighted by Crippen LogP contribution is 2.29. The fourth-order valence-corrected chi connectivity index (χ4v) is 3.24. The predicted molar refractivity (Wildman–Crippen MR) is 119 cm³/mol. The standard InChI is InChI=1S/C24H28N2O4/c1-3-4-16-30-21-13-7-18(17-22(21)29-2)8-14-23(27)25-19-9-11-20(12-10-19)26-15-5-6-24(26)28/h7-14,17H,3-6,15-16H2,1-2H3,(H,25,27)/b14-8+. The molecule has 0 aromatic heterocycles. The molecule has 1 saturated heterocycles. The first-order chi connectivity index (χ1) is 14.6. The number of methoxy groups -OCH3 is 1. The largest absolute Gasteiger partial charge is 0.493 e. The van der Waals surface area contributed by atoms with Gasteiger partial charge in [-0.15, -0.1) is 0 Å². The average molecular weight is 408 g/mol. The van der Waals surface area contributed by atoms with Crippen molar-refractivity contribution in [3.05, 3.63) is 54.1 Å². The van der Waals surface area contributed by atoms with Crippen molar-refractivity contribution in [1.82, 2.24) is 0 Å². The van der Waals surface area contributed by atoms with Gasteiger partial charge in [-0.2, -0.15) is 0 Å². The van der Waals surface area contributed by atoms with Gasteiger partial charge in [0.2, 0.25) is 11.8 Å². The van der Waals surface area contributed by atoms with Gasteiger partial charge in [-0.25, -0.2) is 0 Å². The molecule has 1 heterocycles. The van der Waals surface area contributed by atoms with E-state index in [-0.39, 0.29) is 11.8 Å². The minimum Gasteiger partial charge on any atom is -0.493 e. The summed E-state index contributed by atoms with van der Waals surface area (Å²) in [6.07, 6.45) is 6.74. The Morgan fingerprint density at radius 1 is 1.17 bits per heavy atom. The van der Waals surface area contributed by atoms with Gasteiger partial charge in [-0.3, -0.25) is 9.59 Å². The van der Waals surface area contributed by atoms with Crippen molar-refractivity contribution in [1.29, 1.82) is 0 Å². The minimum atomic E-state index is -0.234. The monoisotopic (exact) mass is 408 g/mol. The first-order valence-electron chi connectivity index (χ1n) is 10.3.